The third-order valence-corrected chi connectivity index (χ3v) is 3.94. The zero-order valence-electron chi connectivity index (χ0n) is 7.93. The summed E-state index contributed by atoms with van der Waals surface area (Å²) in [6.07, 6.45) is 0. The molecule has 8 heteroatoms. The summed E-state index contributed by atoms with van der Waals surface area (Å²) in [7, 11) is 0. The molecule has 0 aromatic carbocycles. The van der Waals surface area contributed by atoms with Crippen LogP contribution in [-0.4, -0.2) is 46.7 Å². The van der Waals surface area contributed by atoms with Crippen molar-refractivity contribution in [2.45, 2.75) is 11.8 Å². The van der Waals surface area contributed by atoms with Crippen LogP contribution in [-0.2, 0) is 20.7 Å². The molecule has 0 saturated carbocycles. The molecular formula is C8H10LiNO4S2. The SMILES string of the molecule is Cc1csc(C2=NOCCO2)c1S(=O)O.[LiH]. The second-order valence-corrected chi connectivity index (χ2v) is 4.69. The van der Waals surface area contributed by atoms with E-state index in [-0.39, 0.29) is 24.8 Å². The van der Waals surface area contributed by atoms with Gasteiger partial charge in [0.05, 0.1) is 4.90 Å². The Kier molecular flexibility index (Phi) is 5.02. The zero-order chi connectivity index (χ0) is 10.8. The van der Waals surface area contributed by atoms with Crippen LogP contribution in [0.1, 0.15) is 10.4 Å². The van der Waals surface area contributed by atoms with Crippen molar-refractivity contribution in [3.8, 4) is 0 Å². The Balaban J connectivity index is 0.00000128. The fourth-order valence-corrected chi connectivity index (χ4v) is 3.10. The Morgan fingerprint density at radius 3 is 2.88 bits per heavy atom. The fraction of sp³-hybridized carbons (Fsp3) is 0.375. The number of hydrogen-bond donors (Lipinski definition) is 1. The van der Waals surface area contributed by atoms with Crippen LogP contribution in [0.15, 0.2) is 15.4 Å². The van der Waals surface area contributed by atoms with Gasteiger partial charge in [0.25, 0.3) is 5.90 Å². The normalized spacial score (nSPS) is 16.5. The average molecular weight is 255 g/mol. The molecule has 0 fully saturated rings. The van der Waals surface area contributed by atoms with Crippen LogP contribution >= 0.6 is 11.3 Å². The monoisotopic (exact) mass is 255 g/mol. The number of oxime groups is 1. The Morgan fingerprint density at radius 1 is 1.56 bits per heavy atom. The topological polar surface area (TPSA) is 68.1 Å². The van der Waals surface area contributed by atoms with Crippen molar-refractivity contribution in [2.24, 2.45) is 5.16 Å². The summed E-state index contributed by atoms with van der Waals surface area (Å²) in [5.74, 6) is 0.289. The first-order valence-electron chi connectivity index (χ1n) is 4.22. The van der Waals surface area contributed by atoms with E-state index in [0.29, 0.717) is 23.0 Å². The Morgan fingerprint density at radius 2 is 2.31 bits per heavy atom. The fourth-order valence-electron chi connectivity index (χ4n) is 1.21. The quantitative estimate of drug-likeness (QED) is 0.624. The van der Waals surface area contributed by atoms with Gasteiger partial charge in [0, 0.05) is 0 Å². The van der Waals surface area contributed by atoms with Crippen LogP contribution in [0, 0.1) is 6.92 Å². The van der Waals surface area contributed by atoms with E-state index < -0.39 is 11.1 Å². The van der Waals surface area contributed by atoms with Gasteiger partial charge in [-0.15, -0.1) is 11.3 Å². The maximum atomic E-state index is 11.1. The molecule has 0 radical (unpaired) electrons. The summed E-state index contributed by atoms with van der Waals surface area (Å²) < 4.78 is 25.5. The second-order valence-electron chi connectivity index (χ2n) is 2.90. The van der Waals surface area contributed by atoms with Gasteiger partial charge in [0.1, 0.15) is 11.5 Å². The number of hydrogen-bond acceptors (Lipinski definition) is 5. The van der Waals surface area contributed by atoms with Gasteiger partial charge in [-0.1, -0.05) is 0 Å². The molecule has 0 spiro atoms. The Bertz CT molecular complexity index is 432. The van der Waals surface area contributed by atoms with E-state index in [1.165, 1.54) is 11.3 Å². The first-order valence-corrected chi connectivity index (χ1v) is 6.21. The number of rotatable bonds is 2. The third-order valence-electron chi connectivity index (χ3n) is 1.85. The Hall–Kier alpha value is -0.323. The van der Waals surface area contributed by atoms with E-state index in [1.54, 1.807) is 12.3 Å². The molecule has 1 aliphatic heterocycles. The van der Waals surface area contributed by atoms with E-state index in [1.807, 2.05) is 0 Å². The summed E-state index contributed by atoms with van der Waals surface area (Å²) in [6, 6.07) is 0. The molecule has 1 N–H and O–H groups in total. The minimum absolute atomic E-state index is 0. The molecule has 0 saturated heterocycles. The first kappa shape index (κ1) is 13.7. The molecule has 1 atom stereocenters. The molecule has 0 amide bonds. The predicted molar refractivity (Wildman–Crippen MR) is 63.7 cm³/mol. The van der Waals surface area contributed by atoms with Gasteiger partial charge < -0.3 is 14.1 Å². The van der Waals surface area contributed by atoms with E-state index in [9.17, 15) is 4.21 Å². The van der Waals surface area contributed by atoms with E-state index in [0.717, 1.165) is 5.56 Å². The van der Waals surface area contributed by atoms with Gasteiger partial charge >= 0.3 is 18.9 Å². The van der Waals surface area contributed by atoms with Crippen molar-refractivity contribution >= 4 is 47.2 Å². The summed E-state index contributed by atoms with van der Waals surface area (Å²) in [6.45, 7) is 2.59. The van der Waals surface area contributed by atoms with E-state index in [2.05, 4.69) is 5.16 Å². The van der Waals surface area contributed by atoms with Gasteiger partial charge in [0.2, 0.25) is 0 Å². The van der Waals surface area contributed by atoms with Crippen molar-refractivity contribution in [2.75, 3.05) is 13.2 Å². The van der Waals surface area contributed by atoms with Crippen LogP contribution in [0.5, 0.6) is 0 Å². The molecule has 2 rings (SSSR count). The summed E-state index contributed by atoms with van der Waals surface area (Å²) in [4.78, 5) is 5.78. The zero-order valence-corrected chi connectivity index (χ0v) is 9.56. The van der Waals surface area contributed by atoms with Gasteiger partial charge in [-0.05, 0) is 23.0 Å². The van der Waals surface area contributed by atoms with Crippen LogP contribution in [0.4, 0.5) is 0 Å². The van der Waals surface area contributed by atoms with Gasteiger partial charge in [-0.3, -0.25) is 0 Å². The van der Waals surface area contributed by atoms with Crippen molar-refractivity contribution in [1.29, 1.82) is 0 Å². The van der Waals surface area contributed by atoms with E-state index >= 15 is 0 Å². The number of nitrogens with zero attached hydrogens (tertiary/aromatic N) is 1. The van der Waals surface area contributed by atoms with Crippen molar-refractivity contribution in [1.82, 2.24) is 0 Å². The van der Waals surface area contributed by atoms with Crippen LogP contribution in [0.2, 0.25) is 0 Å². The van der Waals surface area contributed by atoms with Crippen LogP contribution in [0.25, 0.3) is 0 Å². The molecule has 1 aliphatic rings. The molecule has 1 unspecified atom stereocenters. The minimum atomic E-state index is -2.03. The average Bonchev–Trinajstić information content (AvgIpc) is 2.61. The first-order chi connectivity index (χ1) is 7.20. The molecule has 1 aromatic rings. The van der Waals surface area contributed by atoms with Crippen LogP contribution in [0.3, 0.4) is 0 Å². The molecule has 0 aliphatic carbocycles. The predicted octanol–water partition coefficient (Wildman–Crippen LogP) is 0.697. The third kappa shape index (κ3) is 2.67. The molecule has 5 nitrogen and oxygen atoms in total. The van der Waals surface area contributed by atoms with Gasteiger partial charge in [0.15, 0.2) is 17.7 Å². The summed E-state index contributed by atoms with van der Waals surface area (Å²) in [5, 5.41) is 5.51. The van der Waals surface area contributed by atoms with Crippen molar-refractivity contribution < 1.29 is 18.3 Å². The van der Waals surface area contributed by atoms with Crippen LogP contribution < -0.4 is 0 Å². The van der Waals surface area contributed by atoms with Gasteiger partial charge in [-0.25, -0.2) is 4.21 Å². The summed E-state index contributed by atoms with van der Waals surface area (Å²) >= 11 is -0.706. The number of thiophene rings is 1. The maximum absolute atomic E-state index is 11.1. The molecule has 1 aromatic heterocycles. The molecular weight excluding hydrogens is 245 g/mol. The standard InChI is InChI=1S/C8H9NO4S2.Li.H/c1-5-4-14-6(7(5)15(10)11)8-9-13-3-2-12-8;;/h4H,2-3H2,1H3,(H,10,11);;. The molecule has 2 heterocycles. The van der Waals surface area contributed by atoms with E-state index in [4.69, 9.17) is 14.1 Å². The second kappa shape index (κ2) is 5.84. The van der Waals surface area contributed by atoms with Gasteiger partial charge in [-0.2, -0.15) is 0 Å². The molecule has 84 valence electrons. The molecule has 16 heavy (non-hydrogen) atoms. The van der Waals surface area contributed by atoms with Crippen molar-refractivity contribution in [3.63, 3.8) is 0 Å². The summed E-state index contributed by atoms with van der Waals surface area (Å²) in [5.41, 5.74) is 0.757. The number of ether oxygens (including phenoxy) is 1. The Labute approximate surface area is 111 Å². The van der Waals surface area contributed by atoms with Crippen molar-refractivity contribution in [3.05, 3.63) is 15.8 Å². The number of aryl methyl sites for hydroxylation is 1. The molecule has 0 bridgehead atoms.